The second-order valence-corrected chi connectivity index (χ2v) is 11.5. The Morgan fingerprint density at radius 3 is 1.81 bits per heavy atom. The molecule has 3 rings (SSSR count). The van der Waals surface area contributed by atoms with Gasteiger partial charge in [-0.05, 0) is 86.8 Å². The summed E-state index contributed by atoms with van der Waals surface area (Å²) in [5.41, 5.74) is 2.73. The van der Waals surface area contributed by atoms with Crippen LogP contribution in [0.15, 0.2) is 12.1 Å². The molecule has 2 aliphatic carbocycles. The predicted molar refractivity (Wildman–Crippen MR) is 122 cm³/mol. The van der Waals surface area contributed by atoms with Crippen molar-refractivity contribution >= 4 is 22.6 Å². The maximum Gasteiger partial charge on any atom is 0.122 e. The van der Waals surface area contributed by atoms with Crippen LogP contribution in [0, 0.1) is 5.41 Å². The molecule has 0 spiro atoms. The number of aromatic hydroxyl groups is 2. The van der Waals surface area contributed by atoms with E-state index >= 15 is 0 Å². The summed E-state index contributed by atoms with van der Waals surface area (Å²) in [5.74, 6) is 0.534. The van der Waals surface area contributed by atoms with Crippen LogP contribution in [-0.4, -0.2) is 13.6 Å². The van der Waals surface area contributed by atoms with E-state index in [0.717, 1.165) is 36.8 Å². The first-order valence-electron chi connectivity index (χ1n) is 11.2. The summed E-state index contributed by atoms with van der Waals surface area (Å²) in [7, 11) is 0. The van der Waals surface area contributed by atoms with E-state index in [-0.39, 0.29) is 11.5 Å². The minimum Gasteiger partial charge on any atom is -0.508 e. The van der Waals surface area contributed by atoms with Crippen LogP contribution < -0.4 is 0 Å². The zero-order valence-corrected chi connectivity index (χ0v) is 19.2. The molecule has 2 N–H and O–H groups in total. The van der Waals surface area contributed by atoms with E-state index in [0.29, 0.717) is 8.84 Å². The van der Waals surface area contributed by atoms with E-state index in [1.807, 2.05) is 0 Å². The first kappa shape index (κ1) is 21.3. The first-order valence-corrected chi connectivity index (χ1v) is 12.3. The number of hydrogen-bond donors (Lipinski definition) is 2. The third-order valence-electron chi connectivity index (χ3n) is 7.00. The van der Waals surface area contributed by atoms with Crippen LogP contribution in [0.1, 0.15) is 102 Å². The van der Waals surface area contributed by atoms with Crippen molar-refractivity contribution in [2.24, 2.45) is 5.41 Å². The molecule has 27 heavy (non-hydrogen) atoms. The van der Waals surface area contributed by atoms with Crippen LogP contribution in [0.5, 0.6) is 11.5 Å². The largest absolute Gasteiger partial charge is 0.508 e. The quantitative estimate of drug-likeness (QED) is 0.173. The molecule has 0 heterocycles. The van der Waals surface area contributed by atoms with Crippen LogP contribution in [0.3, 0.4) is 0 Å². The molecule has 0 bridgehead atoms. The van der Waals surface area contributed by atoms with Gasteiger partial charge in [0.05, 0.1) is 0 Å². The Morgan fingerprint density at radius 2 is 1.33 bits per heavy atom. The number of benzene rings is 1. The number of halogens is 1. The Kier molecular flexibility index (Phi) is 7.38. The SMILES string of the molecule is CCC1(CCCCCc2cc(CCCCCC3(I)CC3)c(O)cc2O)CC1. The Balaban J connectivity index is 1.38. The van der Waals surface area contributed by atoms with Crippen LogP contribution in [-0.2, 0) is 12.8 Å². The lowest BCUT2D eigenvalue weighted by Gasteiger charge is -2.13. The Bertz CT molecular complexity index is 617. The molecule has 0 radical (unpaired) electrons. The van der Waals surface area contributed by atoms with E-state index in [1.54, 1.807) is 6.07 Å². The van der Waals surface area contributed by atoms with Gasteiger partial charge in [0.2, 0.25) is 0 Å². The van der Waals surface area contributed by atoms with Crippen molar-refractivity contribution in [3.8, 4) is 11.5 Å². The average Bonchev–Trinajstić information content (AvgIpc) is 3.56. The van der Waals surface area contributed by atoms with Crippen molar-refractivity contribution in [1.82, 2.24) is 0 Å². The molecule has 152 valence electrons. The molecule has 1 aromatic rings. The Hall–Kier alpha value is -0.450. The van der Waals surface area contributed by atoms with Crippen molar-refractivity contribution in [2.75, 3.05) is 0 Å². The van der Waals surface area contributed by atoms with E-state index in [2.05, 4.69) is 35.6 Å². The molecule has 2 fully saturated rings. The van der Waals surface area contributed by atoms with Gasteiger partial charge in [0.1, 0.15) is 11.5 Å². The smallest absolute Gasteiger partial charge is 0.122 e. The predicted octanol–water partition coefficient (Wildman–Crippen LogP) is 7.46. The van der Waals surface area contributed by atoms with Crippen molar-refractivity contribution in [3.05, 3.63) is 23.3 Å². The first-order chi connectivity index (χ1) is 13.0. The molecule has 1 aromatic carbocycles. The summed E-state index contributed by atoms with van der Waals surface area (Å²) in [5, 5.41) is 20.4. The highest BCUT2D eigenvalue weighted by atomic mass is 127. The van der Waals surface area contributed by atoms with Gasteiger partial charge in [-0.25, -0.2) is 0 Å². The summed E-state index contributed by atoms with van der Waals surface area (Å²) < 4.78 is 0.627. The average molecular weight is 484 g/mol. The second-order valence-electron chi connectivity index (χ2n) is 9.24. The number of phenols is 2. The number of aryl methyl sites for hydroxylation is 2. The van der Waals surface area contributed by atoms with Gasteiger partial charge in [0.15, 0.2) is 0 Å². The lowest BCUT2D eigenvalue weighted by molar-refractivity contribution is 0.419. The number of phenolic OH excluding ortho intramolecular Hbond substituents is 2. The van der Waals surface area contributed by atoms with E-state index in [4.69, 9.17) is 0 Å². The van der Waals surface area contributed by atoms with Crippen molar-refractivity contribution in [3.63, 3.8) is 0 Å². The van der Waals surface area contributed by atoms with Crippen molar-refractivity contribution in [1.29, 1.82) is 0 Å². The normalized spacial score (nSPS) is 19.2. The third kappa shape index (κ3) is 6.54. The number of hydrogen-bond acceptors (Lipinski definition) is 2. The topological polar surface area (TPSA) is 40.5 Å². The molecule has 0 saturated heterocycles. The number of alkyl halides is 1. The standard InChI is InChI=1S/C24H37IO2/c1-2-23(13-14-23)11-7-3-5-9-19-17-20(22(27)18-21(19)26)10-6-4-8-12-24(25)15-16-24/h17-18,26-27H,2-16H2,1H3. The Morgan fingerprint density at radius 1 is 0.778 bits per heavy atom. The van der Waals surface area contributed by atoms with Gasteiger partial charge in [-0.2, -0.15) is 0 Å². The lowest BCUT2D eigenvalue weighted by Crippen LogP contribution is -1.98. The van der Waals surface area contributed by atoms with Gasteiger partial charge in [-0.15, -0.1) is 0 Å². The fourth-order valence-corrected chi connectivity index (χ4v) is 4.99. The molecule has 0 atom stereocenters. The van der Waals surface area contributed by atoms with Gasteiger partial charge in [0, 0.05) is 9.49 Å². The highest BCUT2D eigenvalue weighted by Gasteiger charge is 2.39. The minimum absolute atomic E-state index is 0.266. The summed E-state index contributed by atoms with van der Waals surface area (Å²) in [6.45, 7) is 2.33. The molecule has 0 unspecified atom stereocenters. The summed E-state index contributed by atoms with van der Waals surface area (Å²) in [6.07, 6.45) is 18.9. The van der Waals surface area contributed by atoms with E-state index in [1.165, 1.54) is 70.6 Å². The maximum atomic E-state index is 10.2. The van der Waals surface area contributed by atoms with Gasteiger partial charge in [-0.3, -0.25) is 0 Å². The summed E-state index contributed by atoms with van der Waals surface area (Å²) in [4.78, 5) is 0. The van der Waals surface area contributed by atoms with E-state index < -0.39 is 0 Å². The molecule has 3 heteroatoms. The molecule has 2 nitrogen and oxygen atoms in total. The fourth-order valence-electron chi connectivity index (χ4n) is 4.34. The number of rotatable bonds is 13. The van der Waals surface area contributed by atoms with Crippen LogP contribution in [0.2, 0.25) is 0 Å². The summed E-state index contributed by atoms with van der Waals surface area (Å²) >= 11 is 2.62. The van der Waals surface area contributed by atoms with Crippen LogP contribution >= 0.6 is 22.6 Å². The zero-order valence-electron chi connectivity index (χ0n) is 17.0. The van der Waals surface area contributed by atoms with Crippen molar-refractivity contribution in [2.45, 2.75) is 107 Å². The monoisotopic (exact) mass is 484 g/mol. The maximum absolute atomic E-state index is 10.2. The minimum atomic E-state index is 0.266. The molecule has 2 aliphatic rings. The third-order valence-corrected chi connectivity index (χ3v) is 8.62. The second kappa shape index (κ2) is 9.37. The molecule has 0 aromatic heterocycles. The molecule has 0 amide bonds. The van der Waals surface area contributed by atoms with Gasteiger partial charge >= 0.3 is 0 Å². The highest BCUT2D eigenvalue weighted by Crippen LogP contribution is 2.52. The number of unbranched alkanes of at least 4 members (excludes halogenated alkanes) is 4. The molecular weight excluding hydrogens is 447 g/mol. The molecular formula is C24H37IO2. The van der Waals surface area contributed by atoms with E-state index in [9.17, 15) is 10.2 Å². The zero-order chi connectivity index (χ0) is 19.3. The fraction of sp³-hybridized carbons (Fsp3) is 0.750. The van der Waals surface area contributed by atoms with Gasteiger partial charge in [0.25, 0.3) is 0 Å². The lowest BCUT2D eigenvalue weighted by atomic mass is 9.94. The van der Waals surface area contributed by atoms with Gasteiger partial charge in [-0.1, -0.05) is 61.6 Å². The Labute approximate surface area is 179 Å². The van der Waals surface area contributed by atoms with Gasteiger partial charge < -0.3 is 10.2 Å². The van der Waals surface area contributed by atoms with Crippen LogP contribution in [0.25, 0.3) is 0 Å². The van der Waals surface area contributed by atoms with Crippen molar-refractivity contribution < 1.29 is 10.2 Å². The molecule has 2 saturated carbocycles. The highest BCUT2D eigenvalue weighted by molar-refractivity contribution is 14.1. The molecule has 0 aliphatic heterocycles. The summed E-state index contributed by atoms with van der Waals surface area (Å²) in [6, 6.07) is 3.62. The van der Waals surface area contributed by atoms with Crippen LogP contribution in [0.4, 0.5) is 0 Å².